The molecule has 0 spiro atoms. The van der Waals surface area contributed by atoms with Crippen LogP contribution < -0.4 is 15.5 Å². The Morgan fingerprint density at radius 1 is 1.27 bits per heavy atom. The Kier molecular flexibility index (Phi) is 5.21. The summed E-state index contributed by atoms with van der Waals surface area (Å²) in [5.74, 6) is 2.36. The van der Waals surface area contributed by atoms with Crippen LogP contribution in [0.4, 0.5) is 11.8 Å². The summed E-state index contributed by atoms with van der Waals surface area (Å²) in [5, 5.41) is 6.87. The molecule has 2 N–H and O–H groups in total. The molecule has 5 nitrogen and oxygen atoms in total. The highest BCUT2D eigenvalue weighted by Gasteiger charge is 2.18. The average Bonchev–Trinajstić information content (AvgIpc) is 2.36. The van der Waals surface area contributed by atoms with Crippen LogP contribution in [0.3, 0.4) is 0 Å². The second kappa shape index (κ2) is 6.77. The first-order valence-corrected chi connectivity index (χ1v) is 8.33. The first-order valence-electron chi connectivity index (χ1n) is 7.93. The van der Waals surface area contributed by atoms with Crippen molar-refractivity contribution in [3.63, 3.8) is 0 Å². The number of rotatable bonds is 2. The molecule has 22 heavy (non-hydrogen) atoms. The van der Waals surface area contributed by atoms with Crippen LogP contribution in [0.15, 0.2) is 6.07 Å². The average molecular weight is 321 g/mol. The zero-order valence-electron chi connectivity index (χ0n) is 14.2. The molecule has 2 heterocycles. The van der Waals surface area contributed by atoms with Gasteiger partial charge >= 0.3 is 0 Å². The fraction of sp³-hybridized carbons (Fsp3) is 0.688. The van der Waals surface area contributed by atoms with E-state index in [-0.39, 0.29) is 5.54 Å². The van der Waals surface area contributed by atoms with Crippen molar-refractivity contribution in [1.29, 1.82) is 0 Å². The highest BCUT2D eigenvalue weighted by molar-refractivity contribution is 7.80. The Labute approximate surface area is 138 Å². The third-order valence-electron chi connectivity index (χ3n) is 3.66. The van der Waals surface area contributed by atoms with Gasteiger partial charge in [0.15, 0.2) is 5.11 Å². The first kappa shape index (κ1) is 16.9. The third kappa shape index (κ3) is 5.09. The van der Waals surface area contributed by atoms with Gasteiger partial charge in [-0.2, -0.15) is 4.98 Å². The van der Waals surface area contributed by atoms with Crippen LogP contribution in [0.25, 0.3) is 0 Å². The molecule has 0 radical (unpaired) electrons. The molecular formula is C16H27N5S. The highest BCUT2D eigenvalue weighted by atomic mass is 32.1. The van der Waals surface area contributed by atoms with Gasteiger partial charge in [-0.05, 0) is 58.7 Å². The summed E-state index contributed by atoms with van der Waals surface area (Å²) < 4.78 is 0. The van der Waals surface area contributed by atoms with Gasteiger partial charge in [-0.15, -0.1) is 0 Å². The fourth-order valence-corrected chi connectivity index (χ4v) is 2.88. The van der Waals surface area contributed by atoms with E-state index in [0.717, 1.165) is 30.5 Å². The van der Waals surface area contributed by atoms with Crippen molar-refractivity contribution in [3.8, 4) is 0 Å². The van der Waals surface area contributed by atoms with Crippen LogP contribution in [-0.2, 0) is 0 Å². The smallest absolute Gasteiger partial charge is 0.231 e. The molecule has 122 valence electrons. The van der Waals surface area contributed by atoms with Crippen molar-refractivity contribution in [2.24, 2.45) is 5.92 Å². The largest absolute Gasteiger partial charge is 0.358 e. The molecule has 0 atom stereocenters. The number of aryl methyl sites for hydroxylation is 1. The summed E-state index contributed by atoms with van der Waals surface area (Å²) >= 11 is 5.33. The van der Waals surface area contributed by atoms with E-state index in [0.29, 0.717) is 11.1 Å². The third-order valence-corrected chi connectivity index (χ3v) is 3.87. The number of aromatic nitrogens is 2. The lowest BCUT2D eigenvalue weighted by molar-refractivity contribution is 0.436. The molecule has 1 aliphatic heterocycles. The molecule has 2 rings (SSSR count). The van der Waals surface area contributed by atoms with Crippen molar-refractivity contribution < 1.29 is 0 Å². The minimum atomic E-state index is -0.0836. The lowest BCUT2D eigenvalue weighted by atomic mass is 9.99. The van der Waals surface area contributed by atoms with Gasteiger partial charge in [0.25, 0.3) is 0 Å². The molecule has 1 fully saturated rings. The fourth-order valence-electron chi connectivity index (χ4n) is 2.48. The normalized spacial score (nSPS) is 16.5. The summed E-state index contributed by atoms with van der Waals surface area (Å²) in [5.41, 5.74) is 0.865. The summed E-state index contributed by atoms with van der Waals surface area (Å²) in [6, 6.07) is 2.04. The molecule has 0 unspecified atom stereocenters. The number of nitrogens with one attached hydrogen (secondary N) is 2. The lowest BCUT2D eigenvalue weighted by Crippen LogP contribution is -2.43. The van der Waals surface area contributed by atoms with Crippen molar-refractivity contribution in [2.75, 3.05) is 23.3 Å². The second-order valence-corrected chi connectivity index (χ2v) is 7.60. The van der Waals surface area contributed by atoms with Gasteiger partial charge in [0.05, 0.1) is 0 Å². The molecule has 0 aromatic carbocycles. The van der Waals surface area contributed by atoms with Crippen molar-refractivity contribution in [3.05, 3.63) is 11.8 Å². The van der Waals surface area contributed by atoms with E-state index in [1.54, 1.807) is 0 Å². The van der Waals surface area contributed by atoms with E-state index in [1.165, 1.54) is 12.8 Å². The van der Waals surface area contributed by atoms with Crippen molar-refractivity contribution in [2.45, 2.75) is 53.0 Å². The van der Waals surface area contributed by atoms with Gasteiger partial charge < -0.3 is 15.5 Å². The van der Waals surface area contributed by atoms with Crippen molar-refractivity contribution >= 4 is 29.1 Å². The summed E-state index contributed by atoms with van der Waals surface area (Å²) in [7, 11) is 0. The molecule has 1 aromatic heterocycles. The number of hydrogen-bond donors (Lipinski definition) is 2. The summed E-state index contributed by atoms with van der Waals surface area (Å²) in [4.78, 5) is 11.4. The molecular weight excluding hydrogens is 294 g/mol. The van der Waals surface area contributed by atoms with E-state index in [1.807, 2.05) is 13.0 Å². The topological polar surface area (TPSA) is 53.1 Å². The SMILES string of the molecule is Cc1cc(N2CCC(C)CC2)nc(NC(=S)NC(C)(C)C)n1. The summed E-state index contributed by atoms with van der Waals surface area (Å²) in [6.45, 7) is 12.6. The molecule has 6 heteroatoms. The van der Waals surface area contributed by atoms with Crippen LogP contribution in [0.2, 0.25) is 0 Å². The monoisotopic (exact) mass is 321 g/mol. The molecule has 1 aromatic rings. The van der Waals surface area contributed by atoms with E-state index in [2.05, 4.69) is 53.2 Å². The van der Waals surface area contributed by atoms with E-state index >= 15 is 0 Å². The standard InChI is InChI=1S/C16H27N5S/c1-11-6-8-21(9-7-11)13-10-12(2)17-14(18-13)19-15(22)20-16(3,4)5/h10-11H,6-9H2,1-5H3,(H2,17,18,19,20,22). The van der Waals surface area contributed by atoms with Crippen molar-refractivity contribution in [1.82, 2.24) is 15.3 Å². The van der Waals surface area contributed by atoms with E-state index in [9.17, 15) is 0 Å². The van der Waals surface area contributed by atoms with Crippen LogP contribution >= 0.6 is 12.2 Å². The molecule has 1 saturated heterocycles. The van der Waals surface area contributed by atoms with E-state index in [4.69, 9.17) is 12.2 Å². The number of hydrogen-bond acceptors (Lipinski definition) is 4. The highest BCUT2D eigenvalue weighted by Crippen LogP contribution is 2.22. The maximum Gasteiger partial charge on any atom is 0.231 e. The minimum Gasteiger partial charge on any atom is -0.358 e. The lowest BCUT2D eigenvalue weighted by Gasteiger charge is -2.31. The van der Waals surface area contributed by atoms with Crippen LogP contribution in [0.1, 0.15) is 46.2 Å². The van der Waals surface area contributed by atoms with Crippen LogP contribution in [-0.4, -0.2) is 33.7 Å². The van der Waals surface area contributed by atoms with Crippen LogP contribution in [0.5, 0.6) is 0 Å². The molecule has 0 saturated carbocycles. The Morgan fingerprint density at radius 2 is 1.91 bits per heavy atom. The molecule has 0 bridgehead atoms. The van der Waals surface area contributed by atoms with Gasteiger partial charge in [-0.25, -0.2) is 4.98 Å². The second-order valence-electron chi connectivity index (χ2n) is 7.19. The minimum absolute atomic E-state index is 0.0836. The molecule has 0 aliphatic carbocycles. The van der Waals surface area contributed by atoms with E-state index < -0.39 is 0 Å². The Bertz CT molecular complexity index is 530. The maximum absolute atomic E-state index is 5.33. The first-order chi connectivity index (χ1) is 10.2. The Balaban J connectivity index is 2.08. The quantitative estimate of drug-likeness (QED) is 0.816. The number of nitrogens with zero attached hydrogens (tertiary/aromatic N) is 3. The maximum atomic E-state index is 5.33. The van der Waals surface area contributed by atoms with Gasteiger partial charge in [-0.1, -0.05) is 6.92 Å². The Hall–Kier alpha value is -1.43. The summed E-state index contributed by atoms with van der Waals surface area (Å²) in [6.07, 6.45) is 2.44. The van der Waals surface area contributed by atoms with Crippen LogP contribution in [0, 0.1) is 12.8 Å². The zero-order chi connectivity index (χ0) is 16.3. The van der Waals surface area contributed by atoms with Gasteiger partial charge in [0.1, 0.15) is 5.82 Å². The Morgan fingerprint density at radius 3 is 2.50 bits per heavy atom. The van der Waals surface area contributed by atoms with Gasteiger partial charge in [-0.3, -0.25) is 0 Å². The zero-order valence-corrected chi connectivity index (χ0v) is 15.0. The van der Waals surface area contributed by atoms with Gasteiger partial charge in [0, 0.05) is 30.4 Å². The number of piperidine rings is 1. The van der Waals surface area contributed by atoms with Gasteiger partial charge in [0.2, 0.25) is 5.95 Å². The predicted molar refractivity (Wildman–Crippen MR) is 96.5 cm³/mol. The predicted octanol–water partition coefficient (Wildman–Crippen LogP) is 3.11. The molecule has 1 aliphatic rings. The molecule has 0 amide bonds. The number of anilines is 2. The number of thiocarbonyl (C=S) groups is 1.